The van der Waals surface area contributed by atoms with Gasteiger partial charge in [-0.15, -0.1) is 0 Å². The predicted octanol–water partition coefficient (Wildman–Crippen LogP) is 4.41. The first-order valence-corrected chi connectivity index (χ1v) is 9.53. The Morgan fingerprint density at radius 3 is 2.41 bits per heavy atom. The number of carbonyl (C=O) groups excluding carboxylic acids is 1. The molecule has 0 atom stereocenters. The third kappa shape index (κ3) is 7.87. The number of amides is 1. The van der Waals surface area contributed by atoms with Gasteiger partial charge in [0.15, 0.2) is 11.5 Å². The van der Waals surface area contributed by atoms with Gasteiger partial charge in [0.1, 0.15) is 12.4 Å². The van der Waals surface area contributed by atoms with Gasteiger partial charge in [0.05, 0.1) is 20.3 Å². The Bertz CT molecular complexity index is 799. The number of hydrogen-bond donors (Lipinski definition) is 1. The van der Waals surface area contributed by atoms with Crippen molar-refractivity contribution in [3.05, 3.63) is 54.1 Å². The second-order valence-corrected chi connectivity index (χ2v) is 6.80. The van der Waals surface area contributed by atoms with Crippen LogP contribution < -0.4 is 19.5 Å². The number of carbonyl (C=O) groups is 1. The van der Waals surface area contributed by atoms with Gasteiger partial charge in [0, 0.05) is 18.9 Å². The minimum atomic E-state index is -0.225. The van der Waals surface area contributed by atoms with Crippen LogP contribution in [-0.4, -0.2) is 39.9 Å². The van der Waals surface area contributed by atoms with Gasteiger partial charge in [-0.25, -0.2) is 0 Å². The van der Waals surface area contributed by atoms with E-state index < -0.39 is 0 Å². The second-order valence-electron chi connectivity index (χ2n) is 6.80. The Kier molecular flexibility index (Phi) is 9.05. The van der Waals surface area contributed by atoms with Gasteiger partial charge < -0.3 is 24.3 Å². The number of methoxy groups -OCH3 is 2. The molecule has 0 aliphatic rings. The van der Waals surface area contributed by atoms with E-state index in [1.165, 1.54) is 6.08 Å². The van der Waals surface area contributed by atoms with Crippen LogP contribution in [0.2, 0.25) is 0 Å². The third-order valence-corrected chi connectivity index (χ3v) is 3.87. The summed E-state index contributed by atoms with van der Waals surface area (Å²) in [6.07, 6.45) is 3.21. The summed E-state index contributed by atoms with van der Waals surface area (Å²) >= 11 is 0. The third-order valence-electron chi connectivity index (χ3n) is 3.87. The molecule has 0 bridgehead atoms. The topological polar surface area (TPSA) is 66.0 Å². The average molecular weight is 399 g/mol. The molecule has 6 heteroatoms. The second kappa shape index (κ2) is 11.8. The summed E-state index contributed by atoms with van der Waals surface area (Å²) in [5, 5.41) is 2.82. The van der Waals surface area contributed by atoms with E-state index in [2.05, 4.69) is 19.2 Å². The van der Waals surface area contributed by atoms with Crippen molar-refractivity contribution in [1.82, 2.24) is 0 Å². The van der Waals surface area contributed by atoms with Crippen molar-refractivity contribution in [3.63, 3.8) is 0 Å². The largest absolute Gasteiger partial charge is 0.493 e. The average Bonchev–Trinajstić information content (AvgIpc) is 2.72. The lowest BCUT2D eigenvalue weighted by molar-refractivity contribution is -0.111. The molecule has 156 valence electrons. The number of benzene rings is 2. The van der Waals surface area contributed by atoms with E-state index in [-0.39, 0.29) is 5.91 Å². The quantitative estimate of drug-likeness (QED) is 0.448. The number of rotatable bonds is 11. The highest BCUT2D eigenvalue weighted by atomic mass is 16.5. The molecular formula is C23H29NO5. The molecule has 6 nitrogen and oxygen atoms in total. The fourth-order valence-corrected chi connectivity index (χ4v) is 2.40. The Labute approximate surface area is 172 Å². The van der Waals surface area contributed by atoms with E-state index in [0.29, 0.717) is 42.9 Å². The van der Waals surface area contributed by atoms with E-state index in [1.54, 1.807) is 44.6 Å². The highest BCUT2D eigenvalue weighted by molar-refractivity contribution is 6.01. The van der Waals surface area contributed by atoms with Crippen LogP contribution in [0.3, 0.4) is 0 Å². The van der Waals surface area contributed by atoms with Crippen LogP contribution in [0.1, 0.15) is 19.4 Å². The van der Waals surface area contributed by atoms with Gasteiger partial charge in [-0.05, 0) is 54.0 Å². The maximum atomic E-state index is 12.2. The van der Waals surface area contributed by atoms with E-state index >= 15 is 0 Å². The van der Waals surface area contributed by atoms with Crippen molar-refractivity contribution >= 4 is 17.7 Å². The SMILES string of the molecule is COCCOc1ccc(NC(=O)/C=C/c2ccc(OCC(C)C)c(OC)c2)cc1. The van der Waals surface area contributed by atoms with Crippen molar-refractivity contribution < 1.29 is 23.7 Å². The van der Waals surface area contributed by atoms with Gasteiger partial charge in [-0.2, -0.15) is 0 Å². The first-order valence-electron chi connectivity index (χ1n) is 9.53. The molecule has 0 heterocycles. The molecule has 2 aromatic carbocycles. The van der Waals surface area contributed by atoms with Crippen molar-refractivity contribution in [2.45, 2.75) is 13.8 Å². The monoisotopic (exact) mass is 399 g/mol. The Morgan fingerprint density at radius 1 is 1.00 bits per heavy atom. The fourth-order valence-electron chi connectivity index (χ4n) is 2.40. The highest BCUT2D eigenvalue weighted by Gasteiger charge is 2.06. The molecular weight excluding hydrogens is 370 g/mol. The van der Waals surface area contributed by atoms with Crippen LogP contribution in [0.4, 0.5) is 5.69 Å². The van der Waals surface area contributed by atoms with Gasteiger partial charge >= 0.3 is 0 Å². The molecule has 0 aliphatic carbocycles. The van der Waals surface area contributed by atoms with Crippen molar-refractivity contribution in [3.8, 4) is 17.2 Å². The zero-order valence-electron chi connectivity index (χ0n) is 17.4. The van der Waals surface area contributed by atoms with Crippen molar-refractivity contribution in [1.29, 1.82) is 0 Å². The summed E-state index contributed by atoms with van der Waals surface area (Å²) in [6, 6.07) is 12.8. The normalized spacial score (nSPS) is 10.9. The zero-order valence-corrected chi connectivity index (χ0v) is 17.4. The molecule has 0 saturated carbocycles. The molecule has 1 N–H and O–H groups in total. The molecule has 2 aromatic rings. The number of nitrogens with one attached hydrogen (secondary N) is 1. The zero-order chi connectivity index (χ0) is 21.1. The smallest absolute Gasteiger partial charge is 0.248 e. The number of anilines is 1. The Balaban J connectivity index is 1.92. The maximum absolute atomic E-state index is 12.2. The highest BCUT2D eigenvalue weighted by Crippen LogP contribution is 2.29. The van der Waals surface area contributed by atoms with Crippen LogP contribution in [0.5, 0.6) is 17.2 Å². The molecule has 0 spiro atoms. The maximum Gasteiger partial charge on any atom is 0.248 e. The molecule has 2 rings (SSSR count). The van der Waals surface area contributed by atoms with Gasteiger partial charge in [0.2, 0.25) is 5.91 Å². The van der Waals surface area contributed by atoms with E-state index in [9.17, 15) is 4.79 Å². The lowest BCUT2D eigenvalue weighted by atomic mass is 10.2. The molecule has 29 heavy (non-hydrogen) atoms. The first kappa shape index (κ1) is 22.3. The van der Waals surface area contributed by atoms with Crippen LogP contribution >= 0.6 is 0 Å². The molecule has 1 amide bonds. The van der Waals surface area contributed by atoms with E-state index in [1.807, 2.05) is 18.2 Å². The molecule has 0 saturated heterocycles. The summed E-state index contributed by atoms with van der Waals surface area (Å²) in [6.45, 7) is 5.80. The summed E-state index contributed by atoms with van der Waals surface area (Å²) in [5.41, 5.74) is 1.53. The number of ether oxygens (including phenoxy) is 4. The summed E-state index contributed by atoms with van der Waals surface area (Å²) < 4.78 is 21.6. The predicted molar refractivity (Wildman–Crippen MR) is 115 cm³/mol. The Hall–Kier alpha value is -2.99. The molecule has 0 fully saturated rings. The van der Waals surface area contributed by atoms with Crippen LogP contribution in [0, 0.1) is 5.92 Å². The molecule has 0 radical (unpaired) electrons. The van der Waals surface area contributed by atoms with Crippen molar-refractivity contribution in [2.24, 2.45) is 5.92 Å². The van der Waals surface area contributed by atoms with E-state index in [0.717, 1.165) is 11.3 Å². The van der Waals surface area contributed by atoms with Crippen LogP contribution in [0.25, 0.3) is 6.08 Å². The minimum Gasteiger partial charge on any atom is -0.493 e. The van der Waals surface area contributed by atoms with Crippen LogP contribution in [-0.2, 0) is 9.53 Å². The minimum absolute atomic E-state index is 0.225. The van der Waals surface area contributed by atoms with Gasteiger partial charge in [0.25, 0.3) is 0 Å². The Morgan fingerprint density at radius 2 is 1.76 bits per heavy atom. The van der Waals surface area contributed by atoms with Gasteiger partial charge in [-0.1, -0.05) is 19.9 Å². The standard InChI is InChI=1S/C23H29NO5/c1-17(2)16-29-21-11-5-18(15-22(21)27-4)6-12-23(25)24-19-7-9-20(10-8-19)28-14-13-26-3/h5-12,15,17H,13-14,16H2,1-4H3,(H,24,25)/b12-6+. The molecule has 0 unspecified atom stereocenters. The number of hydrogen-bond acceptors (Lipinski definition) is 5. The first-order chi connectivity index (χ1) is 14.0. The summed E-state index contributed by atoms with van der Waals surface area (Å²) in [7, 11) is 3.22. The summed E-state index contributed by atoms with van der Waals surface area (Å²) in [4.78, 5) is 12.2. The van der Waals surface area contributed by atoms with Crippen LogP contribution in [0.15, 0.2) is 48.5 Å². The lowest BCUT2D eigenvalue weighted by Gasteiger charge is -2.12. The molecule has 0 aromatic heterocycles. The summed E-state index contributed by atoms with van der Waals surface area (Å²) in [5.74, 6) is 2.25. The molecule has 0 aliphatic heterocycles. The van der Waals surface area contributed by atoms with Gasteiger partial charge in [-0.3, -0.25) is 4.79 Å². The van der Waals surface area contributed by atoms with Crippen molar-refractivity contribution in [2.75, 3.05) is 39.4 Å². The van der Waals surface area contributed by atoms with E-state index in [4.69, 9.17) is 18.9 Å². The fraction of sp³-hybridized carbons (Fsp3) is 0.348. The lowest BCUT2D eigenvalue weighted by Crippen LogP contribution is -2.08.